The fourth-order valence-electron chi connectivity index (χ4n) is 4.07. The predicted octanol–water partition coefficient (Wildman–Crippen LogP) is 3.09. The van der Waals surface area contributed by atoms with Crippen LogP contribution in [-0.4, -0.2) is 55.3 Å². The topological polar surface area (TPSA) is 51.1 Å². The molecule has 0 aromatic heterocycles. The Morgan fingerprint density at radius 1 is 1.19 bits per heavy atom. The average molecular weight is 373 g/mol. The monoisotopic (exact) mass is 372 g/mol. The van der Waals surface area contributed by atoms with E-state index in [9.17, 15) is 5.11 Å². The van der Waals surface area contributed by atoms with Crippen LogP contribution in [0.15, 0.2) is 29.3 Å². The van der Waals surface area contributed by atoms with Gasteiger partial charge in [-0.2, -0.15) is 0 Å². The molecule has 0 atom stereocenters. The molecule has 0 aliphatic carbocycles. The van der Waals surface area contributed by atoms with Gasteiger partial charge < -0.3 is 20.2 Å². The third kappa shape index (κ3) is 5.38. The molecule has 2 aliphatic rings. The second-order valence-electron chi connectivity index (χ2n) is 8.79. The van der Waals surface area contributed by atoms with E-state index in [1.807, 2.05) is 0 Å². The summed E-state index contributed by atoms with van der Waals surface area (Å²) in [5.74, 6) is 1.52. The highest BCUT2D eigenvalue weighted by Crippen LogP contribution is 2.29. The van der Waals surface area contributed by atoms with Crippen molar-refractivity contribution < 1.29 is 5.11 Å². The molecule has 0 amide bonds. The van der Waals surface area contributed by atoms with Gasteiger partial charge in [0.05, 0.1) is 6.54 Å². The van der Waals surface area contributed by atoms with Crippen molar-refractivity contribution >= 4 is 11.6 Å². The second kappa shape index (κ2) is 8.96. The molecule has 0 saturated carbocycles. The number of nitrogens with zero attached hydrogens (tertiary/aromatic N) is 3. The van der Waals surface area contributed by atoms with E-state index in [1.165, 1.54) is 17.7 Å². The maximum Gasteiger partial charge on any atom is 0.194 e. The van der Waals surface area contributed by atoms with Crippen molar-refractivity contribution in [2.24, 2.45) is 16.3 Å². The van der Waals surface area contributed by atoms with Crippen LogP contribution in [0, 0.1) is 11.3 Å². The number of guanidine groups is 1. The molecule has 2 aliphatic heterocycles. The molecule has 3 rings (SSSR count). The Kier molecular flexibility index (Phi) is 6.64. The SMILES string of the molecule is CCNC(=NCc1ccc(N2CCC(CO)CC2)cc1)N1CCC(C)(C)C1. The molecule has 2 saturated heterocycles. The number of aliphatic imine (C=N–C) groups is 1. The van der Waals surface area contributed by atoms with Gasteiger partial charge in [0.1, 0.15) is 0 Å². The molecule has 0 radical (unpaired) electrons. The molecule has 150 valence electrons. The van der Waals surface area contributed by atoms with Gasteiger partial charge in [-0.25, -0.2) is 4.99 Å². The van der Waals surface area contributed by atoms with Gasteiger partial charge in [0.15, 0.2) is 5.96 Å². The summed E-state index contributed by atoms with van der Waals surface area (Å²) in [4.78, 5) is 9.70. The summed E-state index contributed by atoms with van der Waals surface area (Å²) >= 11 is 0. The quantitative estimate of drug-likeness (QED) is 0.616. The van der Waals surface area contributed by atoms with Crippen LogP contribution >= 0.6 is 0 Å². The largest absolute Gasteiger partial charge is 0.396 e. The zero-order valence-electron chi connectivity index (χ0n) is 17.2. The number of hydrogen-bond donors (Lipinski definition) is 2. The highest BCUT2D eigenvalue weighted by molar-refractivity contribution is 5.80. The number of anilines is 1. The van der Waals surface area contributed by atoms with Gasteiger partial charge in [-0.05, 0) is 55.2 Å². The van der Waals surface area contributed by atoms with Gasteiger partial charge in [-0.3, -0.25) is 0 Å². The Bertz CT molecular complexity index is 618. The molecule has 0 bridgehead atoms. The smallest absolute Gasteiger partial charge is 0.194 e. The Morgan fingerprint density at radius 2 is 1.89 bits per heavy atom. The number of likely N-dealkylation sites (tertiary alicyclic amines) is 1. The van der Waals surface area contributed by atoms with Crippen LogP contribution < -0.4 is 10.2 Å². The highest BCUT2D eigenvalue weighted by Gasteiger charge is 2.30. The fraction of sp³-hybridized carbons (Fsp3) is 0.682. The van der Waals surface area contributed by atoms with Crippen molar-refractivity contribution in [3.05, 3.63) is 29.8 Å². The van der Waals surface area contributed by atoms with Gasteiger partial charge in [0.2, 0.25) is 0 Å². The number of benzene rings is 1. The number of piperidine rings is 1. The van der Waals surface area contributed by atoms with E-state index in [4.69, 9.17) is 4.99 Å². The Morgan fingerprint density at radius 3 is 2.44 bits per heavy atom. The first kappa shape index (κ1) is 20.0. The molecule has 1 aromatic carbocycles. The van der Waals surface area contributed by atoms with Gasteiger partial charge in [0.25, 0.3) is 0 Å². The molecular formula is C22H36N4O. The lowest BCUT2D eigenvalue weighted by atomic mass is 9.93. The van der Waals surface area contributed by atoms with E-state index in [1.54, 1.807) is 0 Å². The lowest BCUT2D eigenvalue weighted by molar-refractivity contribution is 0.203. The molecule has 2 heterocycles. The second-order valence-corrected chi connectivity index (χ2v) is 8.79. The minimum absolute atomic E-state index is 0.326. The van der Waals surface area contributed by atoms with Crippen LogP contribution in [0.1, 0.15) is 45.6 Å². The van der Waals surface area contributed by atoms with Crippen molar-refractivity contribution in [3.63, 3.8) is 0 Å². The summed E-state index contributed by atoms with van der Waals surface area (Å²) in [5.41, 5.74) is 2.91. The Balaban J connectivity index is 1.59. The number of aliphatic hydroxyl groups excluding tert-OH is 1. The molecule has 5 nitrogen and oxygen atoms in total. The van der Waals surface area contributed by atoms with Gasteiger partial charge >= 0.3 is 0 Å². The first-order valence-corrected chi connectivity index (χ1v) is 10.5. The summed E-state index contributed by atoms with van der Waals surface area (Å²) in [6, 6.07) is 8.84. The standard InChI is InChI=1S/C22H36N4O/c1-4-23-21(26-14-11-22(2,3)17-26)24-15-18-5-7-20(8-6-18)25-12-9-19(16-27)10-13-25/h5-8,19,27H,4,9-17H2,1-3H3,(H,23,24). The van der Waals surface area contributed by atoms with E-state index in [0.717, 1.165) is 51.5 Å². The van der Waals surface area contributed by atoms with Crippen molar-refractivity contribution in [1.82, 2.24) is 10.2 Å². The Labute approximate surface area is 164 Å². The van der Waals surface area contributed by atoms with Gasteiger partial charge in [-0.15, -0.1) is 0 Å². The van der Waals surface area contributed by atoms with Crippen molar-refractivity contribution in [1.29, 1.82) is 0 Å². The molecule has 27 heavy (non-hydrogen) atoms. The van der Waals surface area contributed by atoms with E-state index in [0.29, 0.717) is 24.5 Å². The van der Waals surface area contributed by atoms with E-state index < -0.39 is 0 Å². The zero-order valence-corrected chi connectivity index (χ0v) is 17.2. The van der Waals surface area contributed by atoms with E-state index in [-0.39, 0.29) is 0 Å². The minimum atomic E-state index is 0.326. The number of hydrogen-bond acceptors (Lipinski definition) is 3. The van der Waals surface area contributed by atoms with Crippen LogP contribution in [0.4, 0.5) is 5.69 Å². The van der Waals surface area contributed by atoms with E-state index >= 15 is 0 Å². The minimum Gasteiger partial charge on any atom is -0.396 e. The van der Waals surface area contributed by atoms with Crippen molar-refractivity contribution in [2.75, 3.05) is 44.2 Å². The van der Waals surface area contributed by atoms with Gasteiger partial charge in [0, 0.05) is 45.0 Å². The summed E-state index contributed by atoms with van der Waals surface area (Å²) in [7, 11) is 0. The third-order valence-corrected chi connectivity index (χ3v) is 5.90. The van der Waals surface area contributed by atoms with Crippen LogP contribution in [0.2, 0.25) is 0 Å². The molecule has 1 aromatic rings. The normalized spacial score (nSPS) is 21.0. The number of aliphatic hydroxyl groups is 1. The first-order valence-electron chi connectivity index (χ1n) is 10.5. The van der Waals surface area contributed by atoms with Crippen molar-refractivity contribution in [2.45, 2.75) is 46.6 Å². The number of nitrogens with one attached hydrogen (secondary N) is 1. The van der Waals surface area contributed by atoms with Crippen LogP contribution in [-0.2, 0) is 6.54 Å². The fourth-order valence-corrected chi connectivity index (χ4v) is 4.07. The molecule has 0 unspecified atom stereocenters. The lowest BCUT2D eigenvalue weighted by Gasteiger charge is -2.32. The molecule has 2 N–H and O–H groups in total. The maximum absolute atomic E-state index is 9.29. The number of rotatable bonds is 5. The predicted molar refractivity (Wildman–Crippen MR) is 113 cm³/mol. The van der Waals surface area contributed by atoms with Crippen LogP contribution in [0.5, 0.6) is 0 Å². The summed E-state index contributed by atoms with van der Waals surface area (Å²) in [6.07, 6.45) is 3.39. The maximum atomic E-state index is 9.29. The zero-order chi connectivity index (χ0) is 19.3. The highest BCUT2D eigenvalue weighted by atomic mass is 16.3. The molecule has 5 heteroatoms. The molecule has 2 fully saturated rings. The van der Waals surface area contributed by atoms with Crippen LogP contribution in [0.25, 0.3) is 0 Å². The molecule has 0 spiro atoms. The average Bonchev–Trinajstić information content (AvgIpc) is 3.05. The summed E-state index contributed by atoms with van der Waals surface area (Å²) in [5, 5.41) is 12.7. The lowest BCUT2D eigenvalue weighted by Crippen LogP contribution is -2.40. The first-order chi connectivity index (χ1) is 13.0. The summed E-state index contributed by atoms with van der Waals surface area (Å²) in [6.45, 7) is 13.0. The third-order valence-electron chi connectivity index (χ3n) is 5.90. The van der Waals surface area contributed by atoms with Crippen molar-refractivity contribution in [3.8, 4) is 0 Å². The van der Waals surface area contributed by atoms with E-state index in [2.05, 4.69) is 60.2 Å². The molecular weight excluding hydrogens is 336 g/mol. The Hall–Kier alpha value is -1.75. The van der Waals surface area contributed by atoms with Crippen LogP contribution in [0.3, 0.4) is 0 Å². The van der Waals surface area contributed by atoms with Gasteiger partial charge in [-0.1, -0.05) is 26.0 Å². The summed E-state index contributed by atoms with van der Waals surface area (Å²) < 4.78 is 0.